The van der Waals surface area contributed by atoms with E-state index in [1.165, 1.54) is 5.56 Å². The van der Waals surface area contributed by atoms with E-state index in [4.69, 9.17) is 53.0 Å². The molecular formula is C11H14Cl6NSb. The maximum atomic E-state index is 5.06. The minimum atomic E-state index is -5.42. The van der Waals surface area contributed by atoms with Gasteiger partial charge in [-0.1, -0.05) is 22.5 Å². The third-order valence-electron chi connectivity index (χ3n) is 1.50. The van der Waals surface area contributed by atoms with Crippen molar-refractivity contribution in [3.63, 3.8) is 0 Å². The molecule has 0 aliphatic heterocycles. The van der Waals surface area contributed by atoms with Crippen molar-refractivity contribution in [1.82, 2.24) is 0 Å². The predicted molar refractivity (Wildman–Crippen MR) is 93.5 cm³/mol. The van der Waals surface area contributed by atoms with Gasteiger partial charge in [-0.2, -0.15) is 0 Å². The number of hydrogen-bond donors (Lipinski definition) is 0. The number of aryl methyl sites for hydroxylation is 1. The fourth-order valence-electron chi connectivity index (χ4n) is 0.832. The minimum absolute atomic E-state index is 0.325. The van der Waals surface area contributed by atoms with Crippen molar-refractivity contribution < 1.29 is 0 Å². The Morgan fingerprint density at radius 3 is 1.63 bits per heavy atom. The zero-order chi connectivity index (χ0) is 15.4. The first-order valence-electron chi connectivity index (χ1n) is 5.22. The van der Waals surface area contributed by atoms with Gasteiger partial charge in [-0.15, -0.1) is 0 Å². The van der Waals surface area contributed by atoms with Gasteiger partial charge >= 0.3 is 68.2 Å². The monoisotopic (exact) mass is 491 g/mol. The molecule has 0 N–H and O–H groups in total. The van der Waals surface area contributed by atoms with E-state index in [1.54, 1.807) is 0 Å². The van der Waals surface area contributed by atoms with Gasteiger partial charge in [0.25, 0.3) is 6.04 Å². The summed E-state index contributed by atoms with van der Waals surface area (Å²) in [5.74, 6) is 0. The zero-order valence-electron chi connectivity index (χ0n) is 10.5. The van der Waals surface area contributed by atoms with Crippen LogP contribution >= 0.6 is 53.0 Å². The van der Waals surface area contributed by atoms with Crippen LogP contribution in [0.1, 0.15) is 25.0 Å². The van der Waals surface area contributed by atoms with E-state index in [9.17, 15) is 0 Å². The molecule has 1 aromatic carbocycles. The molecule has 0 heterocycles. The average molecular weight is 495 g/mol. The molecule has 0 radical (unpaired) electrons. The fraction of sp³-hybridized carbons (Fsp3) is 0.364. The number of nitrogens with zero attached hydrogens (tertiary/aromatic N) is 1. The van der Waals surface area contributed by atoms with Crippen LogP contribution in [0.2, 0.25) is 0 Å². The van der Waals surface area contributed by atoms with E-state index >= 15 is 0 Å². The first kappa shape index (κ1) is 20.3. The Labute approximate surface area is 134 Å². The molecule has 1 aromatic rings. The van der Waals surface area contributed by atoms with Crippen LogP contribution in [0, 0.1) is 13.0 Å². The van der Waals surface area contributed by atoms with Gasteiger partial charge < -0.3 is 0 Å². The van der Waals surface area contributed by atoms with Crippen LogP contribution in [0.15, 0.2) is 24.3 Å². The summed E-state index contributed by atoms with van der Waals surface area (Å²) in [5.41, 5.74) is 2.32. The third kappa shape index (κ3) is 21.7. The van der Waals surface area contributed by atoms with Crippen LogP contribution in [0.4, 0.5) is 0 Å². The van der Waals surface area contributed by atoms with Gasteiger partial charge in [-0.05, 0) is 19.1 Å². The molecule has 0 spiro atoms. The average Bonchev–Trinajstić information content (AvgIpc) is 2.12. The van der Waals surface area contributed by atoms with Gasteiger partial charge in [0, 0.05) is 13.8 Å². The predicted octanol–water partition coefficient (Wildman–Crippen LogP) is 6.84. The van der Waals surface area contributed by atoms with Crippen LogP contribution < -0.4 is 0 Å². The van der Waals surface area contributed by atoms with Crippen molar-refractivity contribution in [3.05, 3.63) is 40.2 Å². The molecule has 0 saturated heterocycles. The van der Waals surface area contributed by atoms with E-state index in [0.717, 1.165) is 5.56 Å². The van der Waals surface area contributed by atoms with Crippen molar-refractivity contribution >= 4 is 62.1 Å². The number of hydrogen-bond acceptors (Lipinski definition) is 0. The number of benzene rings is 1. The summed E-state index contributed by atoms with van der Waals surface area (Å²) in [6, 6.07) is 11.5. The van der Waals surface area contributed by atoms with Crippen molar-refractivity contribution in [3.8, 4) is 6.07 Å². The van der Waals surface area contributed by atoms with Crippen LogP contribution in [-0.2, 0) is 0 Å². The molecule has 0 saturated carbocycles. The van der Waals surface area contributed by atoms with Crippen molar-refractivity contribution in [2.45, 2.75) is 26.8 Å². The molecule has 0 unspecified atom stereocenters. The molecule has 0 aliphatic carbocycles. The van der Waals surface area contributed by atoms with Crippen LogP contribution in [-0.4, -0.2) is 15.2 Å². The van der Waals surface area contributed by atoms with Crippen molar-refractivity contribution in [2.24, 2.45) is 0 Å². The van der Waals surface area contributed by atoms with Crippen LogP contribution in [0.3, 0.4) is 0 Å². The third-order valence-corrected chi connectivity index (χ3v) is 1.50. The Morgan fingerprint density at radius 2 is 1.32 bits per heavy atom. The molecule has 0 amide bonds. The second-order valence-corrected chi connectivity index (χ2v) is 61.1. The molecule has 8 heteroatoms. The van der Waals surface area contributed by atoms with Crippen molar-refractivity contribution in [2.75, 3.05) is 0 Å². The Morgan fingerprint density at radius 1 is 0.947 bits per heavy atom. The molecule has 1 nitrogen and oxygen atoms in total. The number of rotatable bonds is 0. The normalized spacial score (nSPS) is 14.4. The van der Waals surface area contributed by atoms with E-state index in [0.29, 0.717) is 6.04 Å². The Kier molecular flexibility index (Phi) is 7.02. The molecule has 0 fully saturated rings. The standard InChI is InChI=1S/C11H14N.6ClH.Sb/c1-9(2)12-8-11-6-4-10(3)5-7-11;;;;;;;/h4-7,9H,1-3H3;6*1H;/q+1;;;;;;;+5/p-6. The molecular weight excluding hydrogens is 481 g/mol. The van der Waals surface area contributed by atoms with Gasteiger partial charge in [-0.25, -0.2) is 0 Å². The molecule has 0 aromatic heterocycles. The summed E-state index contributed by atoms with van der Waals surface area (Å²) in [6.07, 6.45) is 0. The summed E-state index contributed by atoms with van der Waals surface area (Å²) in [4.78, 5) is 4.17. The second kappa shape index (κ2) is 6.58. The maximum absolute atomic E-state index is 5.42. The molecule has 1 rings (SSSR count). The molecule has 19 heavy (non-hydrogen) atoms. The van der Waals surface area contributed by atoms with E-state index in [-0.39, 0.29) is 0 Å². The van der Waals surface area contributed by atoms with E-state index in [1.807, 2.05) is 26.0 Å². The van der Waals surface area contributed by atoms with E-state index < -0.39 is 9.14 Å². The van der Waals surface area contributed by atoms with E-state index in [2.05, 4.69) is 30.0 Å². The summed E-state index contributed by atoms with van der Waals surface area (Å²) < 4.78 is 0. The van der Waals surface area contributed by atoms with Crippen LogP contribution in [0.5, 0.6) is 0 Å². The summed E-state index contributed by atoms with van der Waals surface area (Å²) in [7, 11) is 25.0. The Balaban J connectivity index is 0.000000399. The van der Waals surface area contributed by atoms with Crippen LogP contribution in [0.25, 0.3) is 4.85 Å². The molecule has 110 valence electrons. The quantitative estimate of drug-likeness (QED) is 0.348. The first-order valence-corrected chi connectivity index (χ1v) is 24.6. The SMILES string of the molecule is Cc1ccc(C#[N+]C(C)C)cc1.[Cl][Sb-]([Cl])([Cl])([Cl])([Cl])[Cl]. The summed E-state index contributed by atoms with van der Waals surface area (Å²) >= 11 is 0. The Bertz CT molecular complexity index is 466. The topological polar surface area (TPSA) is 4.36 Å². The first-order chi connectivity index (χ1) is 8.13. The molecule has 0 bridgehead atoms. The Hall–Kier alpha value is 1.27. The molecule has 0 aliphatic rings. The van der Waals surface area contributed by atoms with Gasteiger partial charge in [0.05, 0.1) is 0 Å². The van der Waals surface area contributed by atoms with Gasteiger partial charge in [0.15, 0.2) is 0 Å². The van der Waals surface area contributed by atoms with Crippen molar-refractivity contribution in [1.29, 1.82) is 0 Å². The summed E-state index contributed by atoms with van der Waals surface area (Å²) in [5, 5.41) is 0. The number of halogens is 6. The fourth-order valence-corrected chi connectivity index (χ4v) is 0.832. The van der Waals surface area contributed by atoms with Gasteiger partial charge in [0.1, 0.15) is 5.56 Å². The van der Waals surface area contributed by atoms with Gasteiger partial charge in [-0.3, -0.25) is 0 Å². The summed E-state index contributed by atoms with van der Waals surface area (Å²) in [6.45, 7) is 6.16. The van der Waals surface area contributed by atoms with Gasteiger partial charge in [0.2, 0.25) is 0 Å². The second-order valence-electron chi connectivity index (χ2n) is 4.16. The molecule has 0 atom stereocenters. The zero-order valence-corrected chi connectivity index (χ0v) is 17.6.